The smallest absolute Gasteiger partial charge is 0.301 e. The van der Waals surface area contributed by atoms with Crippen molar-refractivity contribution in [2.75, 3.05) is 11.4 Å². The van der Waals surface area contributed by atoms with Crippen LogP contribution < -0.4 is 4.90 Å². The van der Waals surface area contributed by atoms with Gasteiger partial charge in [-0.05, 0) is 18.2 Å². The molecule has 0 saturated heterocycles. The van der Waals surface area contributed by atoms with E-state index in [1.54, 1.807) is 24.3 Å². The fourth-order valence-corrected chi connectivity index (χ4v) is 2.54. The molecule has 8 heteroatoms. The summed E-state index contributed by atoms with van der Waals surface area (Å²) in [6.07, 6.45) is 7.97. The number of nitro groups is 1. The minimum atomic E-state index is -0.528. The first-order valence-corrected chi connectivity index (χ1v) is 7.32. The van der Waals surface area contributed by atoms with Crippen LogP contribution in [-0.4, -0.2) is 32.0 Å². The van der Waals surface area contributed by atoms with Crippen molar-refractivity contribution in [3.05, 3.63) is 52.8 Å². The van der Waals surface area contributed by atoms with Crippen LogP contribution in [0.2, 0.25) is 0 Å². The highest BCUT2D eigenvalue weighted by Crippen LogP contribution is 2.27. The molecule has 25 heavy (non-hydrogen) atoms. The molecule has 3 rings (SSSR count). The zero-order valence-electron chi connectivity index (χ0n) is 13.3. The lowest BCUT2D eigenvalue weighted by molar-refractivity contribution is -0.383. The summed E-state index contributed by atoms with van der Waals surface area (Å²) in [6, 6.07) is 8.84. The van der Waals surface area contributed by atoms with E-state index in [1.807, 2.05) is 6.07 Å². The molecular formula is C17H13N5O3. The molecular weight excluding hydrogens is 322 g/mol. The topological polar surface area (TPSA) is 93.6 Å². The van der Waals surface area contributed by atoms with Gasteiger partial charge in [0.25, 0.3) is 0 Å². The molecule has 0 aliphatic carbocycles. The molecule has 0 aliphatic heterocycles. The molecule has 0 saturated carbocycles. The molecule has 1 aromatic carbocycles. The standard InChI is InChI=1S/C17H13N5O3/c1-3-9-20(12(2)23)14-6-4-5-13(10-14)15-7-8-18-17-16(22(24)25)11-19-21(15)17/h1,4-8,10-11H,9H2,2H3. The molecule has 3 aromatic rings. The van der Waals surface area contributed by atoms with Crippen molar-refractivity contribution in [1.29, 1.82) is 0 Å². The first-order chi connectivity index (χ1) is 12.0. The van der Waals surface area contributed by atoms with Crippen LogP contribution in [0.5, 0.6) is 0 Å². The van der Waals surface area contributed by atoms with Gasteiger partial charge in [-0.15, -0.1) is 6.42 Å². The van der Waals surface area contributed by atoms with Gasteiger partial charge in [0.05, 0.1) is 17.2 Å². The van der Waals surface area contributed by atoms with Crippen molar-refractivity contribution in [1.82, 2.24) is 14.6 Å². The number of fused-ring (bicyclic) bond motifs is 1. The number of rotatable bonds is 4. The maximum Gasteiger partial charge on any atom is 0.333 e. The number of terminal acetylenes is 1. The number of benzene rings is 1. The second kappa shape index (κ2) is 6.41. The molecule has 0 aliphatic rings. The van der Waals surface area contributed by atoms with Crippen LogP contribution in [0.25, 0.3) is 16.9 Å². The maximum absolute atomic E-state index is 11.8. The minimum Gasteiger partial charge on any atom is -0.301 e. The predicted molar refractivity (Wildman–Crippen MR) is 91.9 cm³/mol. The Balaban J connectivity index is 2.13. The zero-order valence-corrected chi connectivity index (χ0v) is 13.3. The summed E-state index contributed by atoms with van der Waals surface area (Å²) in [5, 5.41) is 15.1. The highest BCUT2D eigenvalue weighted by molar-refractivity contribution is 5.92. The van der Waals surface area contributed by atoms with Gasteiger partial charge in [-0.1, -0.05) is 18.1 Å². The van der Waals surface area contributed by atoms with Crippen LogP contribution in [0.4, 0.5) is 11.4 Å². The Morgan fingerprint density at radius 1 is 1.44 bits per heavy atom. The summed E-state index contributed by atoms with van der Waals surface area (Å²) < 4.78 is 1.40. The van der Waals surface area contributed by atoms with Crippen LogP contribution >= 0.6 is 0 Å². The third-order valence-electron chi connectivity index (χ3n) is 3.66. The first kappa shape index (κ1) is 16.1. The number of amides is 1. The van der Waals surface area contributed by atoms with E-state index in [4.69, 9.17) is 6.42 Å². The third kappa shape index (κ3) is 2.90. The molecule has 0 radical (unpaired) electrons. The summed E-state index contributed by atoms with van der Waals surface area (Å²) in [5.41, 5.74) is 1.96. The number of nitrogens with zero attached hydrogens (tertiary/aromatic N) is 5. The Kier molecular flexibility index (Phi) is 4.14. The van der Waals surface area contributed by atoms with Gasteiger partial charge in [0.2, 0.25) is 11.6 Å². The van der Waals surface area contributed by atoms with Gasteiger partial charge in [-0.25, -0.2) is 9.50 Å². The van der Waals surface area contributed by atoms with Gasteiger partial charge in [0, 0.05) is 24.4 Å². The lowest BCUT2D eigenvalue weighted by atomic mass is 10.1. The quantitative estimate of drug-likeness (QED) is 0.414. The summed E-state index contributed by atoms with van der Waals surface area (Å²) in [7, 11) is 0. The molecule has 2 aromatic heterocycles. The van der Waals surface area contributed by atoms with E-state index in [9.17, 15) is 14.9 Å². The molecule has 0 bridgehead atoms. The molecule has 0 spiro atoms. The van der Waals surface area contributed by atoms with E-state index in [0.717, 1.165) is 11.8 Å². The molecule has 0 N–H and O–H groups in total. The summed E-state index contributed by atoms with van der Waals surface area (Å²) in [6.45, 7) is 1.59. The second-order valence-corrected chi connectivity index (χ2v) is 5.21. The van der Waals surface area contributed by atoms with Gasteiger partial charge >= 0.3 is 5.69 Å². The van der Waals surface area contributed by atoms with Crippen LogP contribution in [0.1, 0.15) is 6.92 Å². The number of aromatic nitrogens is 3. The average molecular weight is 335 g/mol. The largest absolute Gasteiger partial charge is 0.333 e. The van der Waals surface area contributed by atoms with Crippen molar-refractivity contribution < 1.29 is 9.72 Å². The maximum atomic E-state index is 11.8. The van der Waals surface area contributed by atoms with Crippen molar-refractivity contribution in [2.24, 2.45) is 0 Å². The van der Waals surface area contributed by atoms with Crippen LogP contribution in [-0.2, 0) is 4.79 Å². The molecule has 0 fully saturated rings. The molecule has 0 atom stereocenters. The molecule has 124 valence electrons. The second-order valence-electron chi connectivity index (χ2n) is 5.21. The zero-order chi connectivity index (χ0) is 18.0. The summed E-state index contributed by atoms with van der Waals surface area (Å²) in [5.74, 6) is 2.28. The monoisotopic (exact) mass is 335 g/mol. The van der Waals surface area contributed by atoms with E-state index in [0.29, 0.717) is 11.4 Å². The van der Waals surface area contributed by atoms with E-state index in [-0.39, 0.29) is 23.8 Å². The van der Waals surface area contributed by atoms with E-state index in [2.05, 4.69) is 16.0 Å². The highest BCUT2D eigenvalue weighted by atomic mass is 16.6. The van der Waals surface area contributed by atoms with E-state index >= 15 is 0 Å². The Hall–Kier alpha value is -3.73. The van der Waals surface area contributed by atoms with Crippen molar-refractivity contribution in [2.45, 2.75) is 6.92 Å². The number of anilines is 1. The minimum absolute atomic E-state index is 0.151. The van der Waals surface area contributed by atoms with Crippen molar-refractivity contribution in [3.8, 4) is 23.6 Å². The van der Waals surface area contributed by atoms with Gasteiger partial charge in [0.15, 0.2) is 0 Å². The van der Waals surface area contributed by atoms with Crippen LogP contribution in [0, 0.1) is 22.5 Å². The Morgan fingerprint density at radius 3 is 2.92 bits per heavy atom. The first-order valence-electron chi connectivity index (χ1n) is 7.32. The van der Waals surface area contributed by atoms with Gasteiger partial charge < -0.3 is 4.90 Å². The average Bonchev–Trinajstić information content (AvgIpc) is 3.03. The molecule has 1 amide bonds. The summed E-state index contributed by atoms with van der Waals surface area (Å²) in [4.78, 5) is 27.8. The lowest BCUT2D eigenvalue weighted by Crippen LogP contribution is -2.28. The number of hydrogen-bond donors (Lipinski definition) is 0. The molecule has 8 nitrogen and oxygen atoms in total. The normalized spacial score (nSPS) is 10.4. The Labute approximate surface area is 142 Å². The predicted octanol–water partition coefficient (Wildman–Crippen LogP) is 2.29. The molecule has 2 heterocycles. The van der Waals surface area contributed by atoms with E-state index in [1.165, 1.54) is 22.5 Å². The summed E-state index contributed by atoms with van der Waals surface area (Å²) >= 11 is 0. The van der Waals surface area contributed by atoms with Crippen LogP contribution in [0.3, 0.4) is 0 Å². The highest BCUT2D eigenvalue weighted by Gasteiger charge is 2.19. The fraction of sp³-hybridized carbons (Fsp3) is 0.118. The fourth-order valence-electron chi connectivity index (χ4n) is 2.54. The Bertz CT molecular complexity index is 1020. The van der Waals surface area contributed by atoms with Crippen molar-refractivity contribution in [3.63, 3.8) is 0 Å². The Morgan fingerprint density at radius 2 is 2.24 bits per heavy atom. The van der Waals surface area contributed by atoms with Crippen LogP contribution in [0.15, 0.2) is 42.7 Å². The third-order valence-corrected chi connectivity index (χ3v) is 3.66. The lowest BCUT2D eigenvalue weighted by Gasteiger charge is -2.19. The number of hydrogen-bond acceptors (Lipinski definition) is 5. The number of carbonyl (C=O) groups excluding carboxylic acids is 1. The molecule has 0 unspecified atom stereocenters. The number of carbonyl (C=O) groups is 1. The SMILES string of the molecule is C#CCN(C(C)=O)c1cccc(-c2ccnc3c([N+](=O)[O-])cnn23)c1. The van der Waals surface area contributed by atoms with Gasteiger partial charge in [0.1, 0.15) is 6.20 Å². The van der Waals surface area contributed by atoms with Gasteiger partial charge in [-0.3, -0.25) is 14.9 Å². The van der Waals surface area contributed by atoms with Crippen molar-refractivity contribution >= 4 is 22.9 Å². The van der Waals surface area contributed by atoms with Gasteiger partial charge in [-0.2, -0.15) is 5.10 Å². The van der Waals surface area contributed by atoms with E-state index < -0.39 is 4.92 Å².